The second kappa shape index (κ2) is 11.6. The summed E-state index contributed by atoms with van der Waals surface area (Å²) in [5.74, 6) is 0.527. The Morgan fingerprint density at radius 3 is 2.54 bits per heavy atom. The number of hydrogen-bond donors (Lipinski definition) is 2. The summed E-state index contributed by atoms with van der Waals surface area (Å²) in [6.07, 6.45) is 3.39. The maximum atomic E-state index is 12.4. The molecule has 2 N–H and O–H groups in total. The molecule has 1 aliphatic heterocycles. The summed E-state index contributed by atoms with van der Waals surface area (Å²) < 4.78 is 0. The Bertz CT molecular complexity index is 482. The van der Waals surface area contributed by atoms with E-state index in [9.17, 15) is 4.79 Å². The summed E-state index contributed by atoms with van der Waals surface area (Å²) in [5, 5.41) is 6.53. The van der Waals surface area contributed by atoms with Gasteiger partial charge in [0.1, 0.15) is 0 Å². The van der Waals surface area contributed by atoms with Gasteiger partial charge in [0.15, 0.2) is 0 Å². The molecule has 0 aromatic heterocycles. The zero-order valence-electron chi connectivity index (χ0n) is 14.9. The number of benzene rings is 1. The van der Waals surface area contributed by atoms with E-state index in [-0.39, 0.29) is 36.8 Å². The number of carbonyl (C=O) groups is 1. The van der Waals surface area contributed by atoms with Gasteiger partial charge in [0.05, 0.1) is 0 Å². The first-order valence-electron chi connectivity index (χ1n) is 8.44. The van der Waals surface area contributed by atoms with Gasteiger partial charge in [-0.1, -0.05) is 20.3 Å². The molecule has 0 aliphatic carbocycles. The highest BCUT2D eigenvalue weighted by atomic mass is 35.5. The number of anilines is 1. The Balaban J connectivity index is 0.00000264. The van der Waals surface area contributed by atoms with E-state index in [1.165, 1.54) is 18.5 Å². The Kier molecular flexibility index (Phi) is 11.1. The van der Waals surface area contributed by atoms with Gasteiger partial charge < -0.3 is 15.5 Å². The predicted molar refractivity (Wildman–Crippen MR) is 107 cm³/mol. The highest BCUT2D eigenvalue weighted by Gasteiger charge is 2.22. The van der Waals surface area contributed by atoms with Crippen LogP contribution in [0.5, 0.6) is 0 Å². The van der Waals surface area contributed by atoms with Gasteiger partial charge in [0, 0.05) is 30.9 Å². The van der Waals surface area contributed by atoms with Gasteiger partial charge in [-0.15, -0.1) is 24.8 Å². The van der Waals surface area contributed by atoms with Crippen molar-refractivity contribution in [3.63, 3.8) is 0 Å². The Labute approximate surface area is 158 Å². The van der Waals surface area contributed by atoms with E-state index in [4.69, 9.17) is 0 Å². The number of nitrogens with zero attached hydrogens (tertiary/aromatic N) is 1. The molecule has 0 bridgehead atoms. The van der Waals surface area contributed by atoms with Crippen LogP contribution in [0.4, 0.5) is 5.69 Å². The van der Waals surface area contributed by atoms with E-state index in [0.717, 1.165) is 31.6 Å². The lowest BCUT2D eigenvalue weighted by Crippen LogP contribution is -2.48. The summed E-state index contributed by atoms with van der Waals surface area (Å²) in [6.45, 7) is 7.39. The summed E-state index contributed by atoms with van der Waals surface area (Å²) >= 11 is 0. The molecule has 0 spiro atoms. The van der Waals surface area contributed by atoms with Crippen LogP contribution in [0, 0.1) is 5.92 Å². The largest absolute Gasteiger partial charge is 0.375 e. The first-order chi connectivity index (χ1) is 10.6. The molecule has 138 valence electrons. The topological polar surface area (TPSA) is 44.4 Å². The number of carbonyl (C=O) groups excluding carboxylic acids is 1. The second-order valence-electron chi connectivity index (χ2n) is 6.37. The number of unbranched alkanes of at least 4 members (excludes halogenated alkanes) is 1. The minimum Gasteiger partial charge on any atom is -0.375 e. The van der Waals surface area contributed by atoms with Crippen molar-refractivity contribution in [2.45, 2.75) is 39.2 Å². The molecule has 2 unspecified atom stereocenters. The SMILES string of the molecule is CCCCN(C)c1ccc(C(=O)NC2CCNCC2C)cc1.Cl.Cl. The average molecular weight is 376 g/mol. The third kappa shape index (κ3) is 6.50. The Hall–Kier alpha value is -0.970. The highest BCUT2D eigenvalue weighted by Crippen LogP contribution is 2.16. The fraction of sp³-hybridized carbons (Fsp3) is 0.611. The van der Waals surface area contributed by atoms with Crippen molar-refractivity contribution in [2.24, 2.45) is 5.92 Å². The minimum absolute atomic E-state index is 0. The normalized spacial score (nSPS) is 19.6. The monoisotopic (exact) mass is 375 g/mol. The van der Waals surface area contributed by atoms with Gasteiger partial charge >= 0.3 is 0 Å². The molecule has 4 nitrogen and oxygen atoms in total. The lowest BCUT2D eigenvalue weighted by Gasteiger charge is -2.30. The van der Waals surface area contributed by atoms with Crippen molar-refractivity contribution in [1.29, 1.82) is 0 Å². The summed E-state index contributed by atoms with van der Waals surface area (Å²) in [7, 11) is 2.10. The van der Waals surface area contributed by atoms with Crippen molar-refractivity contribution < 1.29 is 4.79 Å². The number of amides is 1. The molecule has 1 fully saturated rings. The van der Waals surface area contributed by atoms with Crippen molar-refractivity contribution >= 4 is 36.4 Å². The summed E-state index contributed by atoms with van der Waals surface area (Å²) in [5.41, 5.74) is 1.92. The molecule has 0 saturated carbocycles. The fourth-order valence-electron chi connectivity index (χ4n) is 2.87. The summed E-state index contributed by atoms with van der Waals surface area (Å²) in [6, 6.07) is 8.21. The van der Waals surface area contributed by atoms with Gasteiger partial charge in [0.2, 0.25) is 0 Å². The van der Waals surface area contributed by atoms with Crippen LogP contribution in [0.15, 0.2) is 24.3 Å². The molecule has 0 radical (unpaired) electrons. The van der Waals surface area contributed by atoms with E-state index in [2.05, 4.69) is 36.4 Å². The van der Waals surface area contributed by atoms with Crippen molar-refractivity contribution in [2.75, 3.05) is 31.6 Å². The average Bonchev–Trinajstić information content (AvgIpc) is 2.55. The van der Waals surface area contributed by atoms with Crippen molar-refractivity contribution in [3.05, 3.63) is 29.8 Å². The molecule has 24 heavy (non-hydrogen) atoms. The first-order valence-corrected chi connectivity index (χ1v) is 8.44. The predicted octanol–water partition coefficient (Wildman–Crippen LogP) is 3.49. The molecule has 1 aromatic rings. The molecular weight excluding hydrogens is 345 g/mol. The molecule has 2 rings (SSSR count). The lowest BCUT2D eigenvalue weighted by atomic mass is 9.95. The van der Waals surface area contributed by atoms with Crippen molar-refractivity contribution in [3.8, 4) is 0 Å². The highest BCUT2D eigenvalue weighted by molar-refractivity contribution is 5.94. The van der Waals surface area contributed by atoms with Crippen LogP contribution in [0.3, 0.4) is 0 Å². The van der Waals surface area contributed by atoms with Gasteiger partial charge in [-0.25, -0.2) is 0 Å². The van der Waals surface area contributed by atoms with Crippen molar-refractivity contribution in [1.82, 2.24) is 10.6 Å². The Morgan fingerprint density at radius 1 is 1.29 bits per heavy atom. The fourth-order valence-corrected chi connectivity index (χ4v) is 2.87. The molecule has 1 saturated heterocycles. The van der Waals surface area contributed by atoms with Gasteiger partial charge in [-0.2, -0.15) is 0 Å². The van der Waals surface area contributed by atoms with Crippen LogP contribution in [-0.4, -0.2) is 38.6 Å². The number of hydrogen-bond acceptors (Lipinski definition) is 3. The Morgan fingerprint density at radius 2 is 1.96 bits per heavy atom. The van der Waals surface area contributed by atoms with Crippen LogP contribution in [0.25, 0.3) is 0 Å². The van der Waals surface area contributed by atoms with Gasteiger partial charge in [-0.05, 0) is 56.1 Å². The number of halogens is 2. The number of rotatable bonds is 6. The third-order valence-corrected chi connectivity index (χ3v) is 4.52. The van der Waals surface area contributed by atoms with Gasteiger partial charge in [0.25, 0.3) is 5.91 Å². The van der Waals surface area contributed by atoms with Crippen LogP contribution < -0.4 is 15.5 Å². The third-order valence-electron chi connectivity index (χ3n) is 4.52. The standard InChI is InChI=1S/C18H29N3O.2ClH/c1-4-5-12-21(3)16-8-6-15(7-9-16)18(22)20-17-10-11-19-13-14(17)2;;/h6-9,14,17,19H,4-5,10-13H2,1-3H3,(H,20,22);2*1H. The van der Waals surface area contributed by atoms with E-state index >= 15 is 0 Å². The maximum Gasteiger partial charge on any atom is 0.251 e. The zero-order chi connectivity index (χ0) is 15.9. The zero-order valence-corrected chi connectivity index (χ0v) is 16.5. The van der Waals surface area contributed by atoms with E-state index in [1.807, 2.05) is 24.3 Å². The maximum absolute atomic E-state index is 12.4. The van der Waals surface area contributed by atoms with Crippen LogP contribution in [0.2, 0.25) is 0 Å². The minimum atomic E-state index is 0. The van der Waals surface area contributed by atoms with Crippen LogP contribution in [0.1, 0.15) is 43.5 Å². The van der Waals surface area contributed by atoms with E-state index in [1.54, 1.807) is 0 Å². The molecule has 1 amide bonds. The number of piperidine rings is 1. The smallest absolute Gasteiger partial charge is 0.251 e. The lowest BCUT2D eigenvalue weighted by molar-refractivity contribution is 0.0914. The molecule has 6 heteroatoms. The molecule has 1 aromatic carbocycles. The molecule has 2 atom stereocenters. The number of nitrogens with one attached hydrogen (secondary N) is 2. The molecule has 1 aliphatic rings. The van der Waals surface area contributed by atoms with Crippen LogP contribution >= 0.6 is 24.8 Å². The first kappa shape index (κ1) is 23.0. The molecular formula is C18H31Cl2N3O. The van der Waals surface area contributed by atoms with E-state index < -0.39 is 0 Å². The van der Waals surface area contributed by atoms with Crippen LogP contribution in [-0.2, 0) is 0 Å². The van der Waals surface area contributed by atoms with Gasteiger partial charge in [-0.3, -0.25) is 4.79 Å². The second-order valence-corrected chi connectivity index (χ2v) is 6.37. The molecule has 1 heterocycles. The quantitative estimate of drug-likeness (QED) is 0.799. The van der Waals surface area contributed by atoms with E-state index in [0.29, 0.717) is 5.92 Å². The summed E-state index contributed by atoms with van der Waals surface area (Å²) in [4.78, 5) is 14.6.